The van der Waals surface area contributed by atoms with Crippen molar-refractivity contribution in [3.63, 3.8) is 0 Å². The maximum absolute atomic E-state index is 13.0. The summed E-state index contributed by atoms with van der Waals surface area (Å²) in [4.78, 5) is 41.1. The minimum absolute atomic E-state index is 0.0247. The first kappa shape index (κ1) is 24.9. The van der Waals surface area contributed by atoms with E-state index in [0.717, 1.165) is 11.3 Å². The van der Waals surface area contributed by atoms with Gasteiger partial charge in [0.05, 0.1) is 29.4 Å². The van der Waals surface area contributed by atoms with E-state index in [1.165, 1.54) is 0 Å². The largest absolute Gasteiger partial charge is 0.466 e. The highest BCUT2D eigenvalue weighted by molar-refractivity contribution is 6.04. The first-order chi connectivity index (χ1) is 16.2. The monoisotopic (exact) mass is 470 g/mol. The number of carbonyl (C=O) groups is 3. The molecule has 0 saturated carbocycles. The fourth-order valence-corrected chi connectivity index (χ4v) is 3.54. The Morgan fingerprint density at radius 2 is 1.94 bits per heavy atom. The molecule has 10 heteroatoms. The van der Waals surface area contributed by atoms with Gasteiger partial charge in [0, 0.05) is 24.6 Å². The average molecular weight is 471 g/mol. The number of amides is 1. The minimum atomic E-state index is -0.656. The van der Waals surface area contributed by atoms with Gasteiger partial charge < -0.3 is 19.2 Å². The molecule has 10 nitrogen and oxygen atoms in total. The zero-order valence-corrected chi connectivity index (χ0v) is 20.1. The van der Waals surface area contributed by atoms with Gasteiger partial charge in [-0.1, -0.05) is 0 Å². The van der Waals surface area contributed by atoms with Crippen molar-refractivity contribution in [3.8, 4) is 11.3 Å². The van der Waals surface area contributed by atoms with Crippen LogP contribution in [0.3, 0.4) is 0 Å². The molecule has 3 rings (SSSR count). The number of nitrogens with one attached hydrogen (secondary N) is 1. The zero-order valence-electron chi connectivity index (χ0n) is 20.1. The van der Waals surface area contributed by atoms with Crippen LogP contribution in [0, 0.1) is 13.8 Å². The van der Waals surface area contributed by atoms with Gasteiger partial charge in [0.2, 0.25) is 0 Å². The summed E-state index contributed by atoms with van der Waals surface area (Å²) in [6, 6.07) is 3.51. The Kier molecular flexibility index (Phi) is 8.04. The van der Waals surface area contributed by atoms with Crippen molar-refractivity contribution in [2.45, 2.75) is 53.5 Å². The number of aromatic nitrogens is 3. The van der Waals surface area contributed by atoms with Crippen molar-refractivity contribution in [3.05, 3.63) is 35.4 Å². The Morgan fingerprint density at radius 1 is 1.18 bits per heavy atom. The number of carbonyl (C=O) groups excluding carboxylic acids is 3. The van der Waals surface area contributed by atoms with E-state index >= 15 is 0 Å². The Bertz CT molecular complexity index is 1190. The van der Waals surface area contributed by atoms with Gasteiger partial charge in [-0.25, -0.2) is 14.5 Å². The molecule has 0 aliphatic heterocycles. The Labute approximate surface area is 197 Å². The lowest BCUT2D eigenvalue weighted by Crippen LogP contribution is -2.30. The van der Waals surface area contributed by atoms with Gasteiger partial charge in [-0.05, 0) is 53.2 Å². The molecule has 3 aromatic heterocycles. The third-order valence-electron chi connectivity index (χ3n) is 5.11. The van der Waals surface area contributed by atoms with Crippen LogP contribution in [0.15, 0.2) is 22.7 Å². The Hall–Kier alpha value is -3.69. The molecule has 3 aromatic rings. The molecule has 0 aliphatic rings. The quantitative estimate of drug-likeness (QED) is 0.352. The minimum Gasteiger partial charge on any atom is -0.466 e. The molecule has 1 N–H and O–H groups in total. The van der Waals surface area contributed by atoms with E-state index < -0.39 is 18.5 Å². The number of furan rings is 1. The zero-order chi connectivity index (χ0) is 24.8. The second-order valence-electron chi connectivity index (χ2n) is 8.14. The van der Waals surface area contributed by atoms with Gasteiger partial charge in [0.25, 0.3) is 5.91 Å². The molecule has 34 heavy (non-hydrogen) atoms. The van der Waals surface area contributed by atoms with Gasteiger partial charge in [0.15, 0.2) is 12.3 Å². The first-order valence-electron chi connectivity index (χ1n) is 11.3. The van der Waals surface area contributed by atoms with Crippen LogP contribution in [0.5, 0.6) is 0 Å². The molecule has 0 bridgehead atoms. The number of nitrogens with zero attached hydrogens (tertiary/aromatic N) is 3. The molecule has 0 radical (unpaired) electrons. The van der Waals surface area contributed by atoms with Crippen molar-refractivity contribution in [1.29, 1.82) is 0 Å². The predicted molar refractivity (Wildman–Crippen MR) is 124 cm³/mol. The highest BCUT2D eigenvalue weighted by Crippen LogP contribution is 2.30. The van der Waals surface area contributed by atoms with E-state index in [1.807, 2.05) is 33.8 Å². The summed E-state index contributed by atoms with van der Waals surface area (Å²) in [5.41, 5.74) is 2.13. The van der Waals surface area contributed by atoms with Gasteiger partial charge in [-0.15, -0.1) is 0 Å². The summed E-state index contributed by atoms with van der Waals surface area (Å²) < 4.78 is 17.5. The van der Waals surface area contributed by atoms with E-state index in [-0.39, 0.29) is 30.5 Å². The van der Waals surface area contributed by atoms with Crippen LogP contribution in [0.2, 0.25) is 0 Å². The lowest BCUT2D eigenvalue weighted by atomic mass is 10.1. The molecule has 0 spiro atoms. The first-order valence-corrected chi connectivity index (χ1v) is 11.3. The molecule has 3 heterocycles. The van der Waals surface area contributed by atoms with Crippen molar-refractivity contribution < 1.29 is 28.3 Å². The molecule has 1 amide bonds. The number of fused-ring (bicyclic) bond motifs is 1. The van der Waals surface area contributed by atoms with Crippen molar-refractivity contribution >= 4 is 28.9 Å². The number of ether oxygens (including phenoxy) is 2. The number of esters is 2. The lowest BCUT2D eigenvalue weighted by Gasteiger charge is -2.10. The van der Waals surface area contributed by atoms with E-state index in [4.69, 9.17) is 18.9 Å². The van der Waals surface area contributed by atoms with Gasteiger partial charge >= 0.3 is 11.9 Å². The van der Waals surface area contributed by atoms with E-state index in [0.29, 0.717) is 35.5 Å². The van der Waals surface area contributed by atoms with Crippen LogP contribution >= 0.6 is 0 Å². The summed E-state index contributed by atoms with van der Waals surface area (Å²) >= 11 is 0. The molecule has 182 valence electrons. The number of pyridine rings is 1. The topological polar surface area (TPSA) is 126 Å². The number of hydrogen-bond donors (Lipinski definition) is 1. The third-order valence-corrected chi connectivity index (χ3v) is 5.11. The van der Waals surface area contributed by atoms with Crippen LogP contribution in [0.25, 0.3) is 22.3 Å². The molecular formula is C24H30N4O6. The fraction of sp³-hybridized carbons (Fsp3) is 0.458. The summed E-state index contributed by atoms with van der Waals surface area (Å²) in [6.45, 7) is 9.50. The SMILES string of the molecule is CCOC(=O)CCCNC(=O)COC(=O)c1cc(-c2cc(C)oc2C)nc2c1cnn2C(C)C. The summed E-state index contributed by atoms with van der Waals surface area (Å²) in [5.74, 6) is -0.0129. The second kappa shape index (κ2) is 11.0. The fourth-order valence-electron chi connectivity index (χ4n) is 3.54. The van der Waals surface area contributed by atoms with Crippen LogP contribution in [-0.2, 0) is 19.1 Å². The van der Waals surface area contributed by atoms with Crippen LogP contribution in [0.4, 0.5) is 0 Å². The molecule has 0 aromatic carbocycles. The summed E-state index contributed by atoms with van der Waals surface area (Å²) in [7, 11) is 0. The normalized spacial score (nSPS) is 11.1. The Balaban J connectivity index is 1.75. The number of rotatable bonds is 10. The molecule has 0 unspecified atom stereocenters. The van der Waals surface area contributed by atoms with Crippen molar-refractivity contribution in [2.75, 3.05) is 19.8 Å². The standard InChI is InChI=1S/C24H30N4O6/c1-6-32-22(30)8-7-9-25-21(29)13-33-24(31)18-11-20(17-10-15(4)34-16(17)5)27-23-19(18)12-26-28(23)14(2)3/h10-12,14H,6-9,13H2,1-5H3,(H,25,29). The molecule has 0 atom stereocenters. The molecule has 0 fully saturated rings. The number of aryl methyl sites for hydroxylation is 2. The second-order valence-corrected chi connectivity index (χ2v) is 8.14. The highest BCUT2D eigenvalue weighted by Gasteiger charge is 2.21. The van der Waals surface area contributed by atoms with Crippen LogP contribution < -0.4 is 5.32 Å². The maximum Gasteiger partial charge on any atom is 0.339 e. The third kappa shape index (κ3) is 5.81. The smallest absolute Gasteiger partial charge is 0.339 e. The van der Waals surface area contributed by atoms with Gasteiger partial charge in [0.1, 0.15) is 11.5 Å². The van der Waals surface area contributed by atoms with E-state index in [2.05, 4.69) is 10.4 Å². The molecular weight excluding hydrogens is 440 g/mol. The van der Waals surface area contributed by atoms with Gasteiger partial charge in [-0.3, -0.25) is 9.59 Å². The van der Waals surface area contributed by atoms with E-state index in [1.54, 1.807) is 23.9 Å². The van der Waals surface area contributed by atoms with E-state index in [9.17, 15) is 14.4 Å². The van der Waals surface area contributed by atoms with Crippen molar-refractivity contribution in [2.24, 2.45) is 0 Å². The van der Waals surface area contributed by atoms with Crippen molar-refractivity contribution in [1.82, 2.24) is 20.1 Å². The maximum atomic E-state index is 13.0. The average Bonchev–Trinajstić information content (AvgIpc) is 3.37. The molecule has 0 saturated heterocycles. The summed E-state index contributed by atoms with van der Waals surface area (Å²) in [6.07, 6.45) is 2.22. The number of hydrogen-bond acceptors (Lipinski definition) is 8. The lowest BCUT2D eigenvalue weighted by molar-refractivity contribution is -0.143. The summed E-state index contributed by atoms with van der Waals surface area (Å²) in [5, 5.41) is 7.54. The molecule has 0 aliphatic carbocycles. The van der Waals surface area contributed by atoms with Crippen LogP contribution in [-0.4, -0.2) is 52.4 Å². The predicted octanol–water partition coefficient (Wildman–Crippen LogP) is 3.51. The highest BCUT2D eigenvalue weighted by atomic mass is 16.5. The van der Waals surface area contributed by atoms with Gasteiger partial charge in [-0.2, -0.15) is 5.10 Å². The Morgan fingerprint density at radius 3 is 2.59 bits per heavy atom. The van der Waals surface area contributed by atoms with Crippen LogP contribution in [0.1, 0.15) is 61.5 Å².